The van der Waals surface area contributed by atoms with Crippen LogP contribution in [0.1, 0.15) is 37.0 Å². The SMILES string of the molecule is CC(C)NC(=O)c1ccc(N2CCC(C(=O)O)CC2)c([N+](=O)[O-])c1. The van der Waals surface area contributed by atoms with Crippen LogP contribution in [0.5, 0.6) is 0 Å². The average Bonchev–Trinajstić information content (AvgIpc) is 2.53. The molecule has 0 aliphatic carbocycles. The van der Waals surface area contributed by atoms with Gasteiger partial charge in [0, 0.05) is 30.8 Å². The van der Waals surface area contributed by atoms with Gasteiger partial charge in [-0.15, -0.1) is 0 Å². The molecule has 8 heteroatoms. The van der Waals surface area contributed by atoms with E-state index in [2.05, 4.69) is 5.32 Å². The number of nitro benzene ring substituents is 1. The standard InChI is InChI=1S/C16H21N3O5/c1-10(2)17-15(20)12-3-4-13(14(9-12)19(23)24)18-7-5-11(6-8-18)16(21)22/h3-4,9-11H,5-8H2,1-2H3,(H,17,20)(H,21,22). The van der Waals surface area contributed by atoms with E-state index in [0.717, 1.165) is 0 Å². The molecule has 1 aliphatic rings. The van der Waals surface area contributed by atoms with Crippen LogP contribution in [-0.4, -0.2) is 41.0 Å². The van der Waals surface area contributed by atoms with Crippen molar-refractivity contribution in [2.75, 3.05) is 18.0 Å². The first-order valence-electron chi connectivity index (χ1n) is 7.86. The molecule has 0 unspecified atom stereocenters. The summed E-state index contributed by atoms with van der Waals surface area (Å²) >= 11 is 0. The highest BCUT2D eigenvalue weighted by molar-refractivity contribution is 5.96. The lowest BCUT2D eigenvalue weighted by Gasteiger charge is -2.31. The third kappa shape index (κ3) is 4.01. The van der Waals surface area contributed by atoms with Crippen molar-refractivity contribution in [1.82, 2.24) is 5.32 Å². The molecule has 8 nitrogen and oxygen atoms in total. The van der Waals surface area contributed by atoms with E-state index in [4.69, 9.17) is 5.11 Å². The number of carbonyl (C=O) groups is 2. The number of rotatable bonds is 5. The van der Waals surface area contributed by atoms with Crippen molar-refractivity contribution in [3.63, 3.8) is 0 Å². The van der Waals surface area contributed by atoms with Crippen molar-refractivity contribution >= 4 is 23.3 Å². The maximum Gasteiger partial charge on any atom is 0.306 e. The first kappa shape index (κ1) is 17.7. The summed E-state index contributed by atoms with van der Waals surface area (Å²) in [5.41, 5.74) is 0.518. The topological polar surface area (TPSA) is 113 Å². The quantitative estimate of drug-likeness (QED) is 0.629. The predicted molar refractivity (Wildman–Crippen MR) is 88.3 cm³/mol. The normalized spacial score (nSPS) is 15.4. The minimum atomic E-state index is -0.829. The average molecular weight is 335 g/mol. The van der Waals surface area contributed by atoms with Gasteiger partial charge < -0.3 is 15.3 Å². The number of amides is 1. The summed E-state index contributed by atoms with van der Waals surface area (Å²) in [4.78, 5) is 35.7. The van der Waals surface area contributed by atoms with E-state index in [1.54, 1.807) is 12.1 Å². The van der Waals surface area contributed by atoms with Gasteiger partial charge in [-0.05, 0) is 38.8 Å². The van der Waals surface area contributed by atoms with Crippen molar-refractivity contribution in [1.29, 1.82) is 0 Å². The van der Waals surface area contributed by atoms with Crippen LogP contribution < -0.4 is 10.2 Å². The molecule has 24 heavy (non-hydrogen) atoms. The Balaban J connectivity index is 2.23. The molecule has 1 fully saturated rings. The first-order chi connectivity index (χ1) is 11.3. The summed E-state index contributed by atoms with van der Waals surface area (Å²) in [5.74, 6) is -1.59. The Morgan fingerprint density at radius 3 is 2.46 bits per heavy atom. The summed E-state index contributed by atoms with van der Waals surface area (Å²) in [6.45, 7) is 4.51. The zero-order valence-corrected chi connectivity index (χ0v) is 13.7. The molecule has 0 bridgehead atoms. The minimum Gasteiger partial charge on any atom is -0.481 e. The summed E-state index contributed by atoms with van der Waals surface area (Å²) in [6.07, 6.45) is 0.893. The maximum absolute atomic E-state index is 12.0. The molecule has 2 N–H and O–H groups in total. The van der Waals surface area contributed by atoms with Gasteiger partial charge in [0.15, 0.2) is 0 Å². The Bertz CT molecular complexity index is 651. The van der Waals surface area contributed by atoms with Gasteiger partial charge >= 0.3 is 5.97 Å². The van der Waals surface area contributed by atoms with Gasteiger partial charge in [-0.25, -0.2) is 0 Å². The zero-order valence-electron chi connectivity index (χ0n) is 13.7. The number of hydrogen-bond acceptors (Lipinski definition) is 5. The highest BCUT2D eigenvalue weighted by atomic mass is 16.6. The van der Waals surface area contributed by atoms with Crippen molar-refractivity contribution in [3.8, 4) is 0 Å². The van der Waals surface area contributed by atoms with Gasteiger partial charge in [-0.3, -0.25) is 19.7 Å². The molecule has 1 aliphatic heterocycles. The summed E-state index contributed by atoms with van der Waals surface area (Å²) < 4.78 is 0. The van der Waals surface area contributed by atoms with Crippen LogP contribution in [0.15, 0.2) is 18.2 Å². The smallest absolute Gasteiger partial charge is 0.306 e. The highest BCUT2D eigenvalue weighted by Crippen LogP contribution is 2.32. The number of aliphatic carboxylic acids is 1. The highest BCUT2D eigenvalue weighted by Gasteiger charge is 2.28. The summed E-state index contributed by atoms with van der Waals surface area (Å²) in [5, 5.41) is 23.1. The Labute approximate surface area is 139 Å². The number of carboxylic acid groups (broad SMARTS) is 1. The van der Waals surface area contributed by atoms with Crippen LogP contribution in [0.4, 0.5) is 11.4 Å². The lowest BCUT2D eigenvalue weighted by Crippen LogP contribution is -2.36. The number of nitro groups is 1. The van der Waals surface area contributed by atoms with Crippen LogP contribution >= 0.6 is 0 Å². The van der Waals surface area contributed by atoms with Crippen molar-refractivity contribution in [2.24, 2.45) is 5.92 Å². The van der Waals surface area contributed by atoms with E-state index in [0.29, 0.717) is 31.6 Å². The number of benzene rings is 1. The second-order valence-electron chi connectivity index (χ2n) is 6.19. The van der Waals surface area contributed by atoms with E-state index in [1.807, 2.05) is 18.7 Å². The summed E-state index contributed by atoms with van der Waals surface area (Å²) in [6, 6.07) is 4.33. The monoisotopic (exact) mass is 335 g/mol. The molecule has 130 valence electrons. The third-order valence-electron chi connectivity index (χ3n) is 4.04. The molecule has 0 radical (unpaired) electrons. The molecule has 0 saturated carbocycles. The molecule has 1 amide bonds. The van der Waals surface area contributed by atoms with Crippen LogP contribution in [0.25, 0.3) is 0 Å². The van der Waals surface area contributed by atoms with Gasteiger partial charge in [0.1, 0.15) is 5.69 Å². The van der Waals surface area contributed by atoms with E-state index < -0.39 is 16.8 Å². The molecule has 0 spiro atoms. The fourth-order valence-electron chi connectivity index (χ4n) is 2.79. The Morgan fingerprint density at radius 2 is 1.96 bits per heavy atom. The zero-order chi connectivity index (χ0) is 17.9. The largest absolute Gasteiger partial charge is 0.481 e. The van der Waals surface area contributed by atoms with E-state index in [-0.39, 0.29) is 23.2 Å². The Hall–Kier alpha value is -2.64. The van der Waals surface area contributed by atoms with Gasteiger partial charge in [-0.1, -0.05) is 0 Å². The maximum atomic E-state index is 12.0. The molecule has 1 aromatic rings. The molecule has 1 heterocycles. The first-order valence-corrected chi connectivity index (χ1v) is 7.86. The number of nitrogens with zero attached hydrogens (tertiary/aromatic N) is 2. The van der Waals surface area contributed by atoms with E-state index >= 15 is 0 Å². The van der Waals surface area contributed by atoms with Crippen LogP contribution in [0.3, 0.4) is 0 Å². The fraction of sp³-hybridized carbons (Fsp3) is 0.500. The van der Waals surface area contributed by atoms with E-state index in [1.165, 1.54) is 6.07 Å². The van der Waals surface area contributed by atoms with Crippen LogP contribution in [0, 0.1) is 16.0 Å². The molecule has 1 saturated heterocycles. The summed E-state index contributed by atoms with van der Waals surface area (Å²) in [7, 11) is 0. The second kappa shape index (κ2) is 7.29. The Kier molecular flexibility index (Phi) is 5.38. The number of anilines is 1. The van der Waals surface area contributed by atoms with Gasteiger partial charge in [-0.2, -0.15) is 0 Å². The predicted octanol–water partition coefficient (Wildman–Crippen LogP) is 2.03. The molecule has 0 aromatic heterocycles. The molecular formula is C16H21N3O5. The van der Waals surface area contributed by atoms with Gasteiger partial charge in [0.2, 0.25) is 0 Å². The van der Waals surface area contributed by atoms with Gasteiger partial charge in [0.25, 0.3) is 11.6 Å². The van der Waals surface area contributed by atoms with E-state index in [9.17, 15) is 19.7 Å². The number of carbonyl (C=O) groups excluding carboxylic acids is 1. The van der Waals surface area contributed by atoms with Crippen LogP contribution in [0.2, 0.25) is 0 Å². The number of nitrogens with one attached hydrogen (secondary N) is 1. The lowest BCUT2D eigenvalue weighted by molar-refractivity contribution is -0.384. The number of carboxylic acids is 1. The van der Waals surface area contributed by atoms with Gasteiger partial charge in [0.05, 0.1) is 10.8 Å². The number of hydrogen-bond donors (Lipinski definition) is 2. The van der Waals surface area contributed by atoms with Crippen molar-refractivity contribution in [3.05, 3.63) is 33.9 Å². The van der Waals surface area contributed by atoms with Crippen LogP contribution in [-0.2, 0) is 4.79 Å². The minimum absolute atomic E-state index is 0.0636. The van der Waals surface area contributed by atoms with Crippen molar-refractivity contribution in [2.45, 2.75) is 32.7 Å². The third-order valence-corrected chi connectivity index (χ3v) is 4.04. The lowest BCUT2D eigenvalue weighted by atomic mass is 9.96. The second-order valence-corrected chi connectivity index (χ2v) is 6.19. The molecular weight excluding hydrogens is 314 g/mol. The fourth-order valence-corrected chi connectivity index (χ4v) is 2.79. The number of piperidine rings is 1. The Morgan fingerprint density at radius 1 is 1.33 bits per heavy atom. The molecule has 0 atom stereocenters. The molecule has 1 aromatic carbocycles. The molecule has 2 rings (SSSR count). The van der Waals surface area contributed by atoms with Crippen molar-refractivity contribution < 1.29 is 19.6 Å².